The Balaban J connectivity index is 1.30. The lowest BCUT2D eigenvalue weighted by Gasteiger charge is -2.38. The minimum Gasteiger partial charge on any atom is -0.353 e. The molecule has 2 heterocycles. The number of anilines is 1. The maximum Gasteiger partial charge on any atom is 0.419 e. The molecule has 1 saturated carbocycles. The highest BCUT2D eigenvalue weighted by molar-refractivity contribution is 5.84. The normalized spacial score (nSPS) is 21.0. The molecule has 194 valence electrons. The summed E-state index contributed by atoms with van der Waals surface area (Å²) in [5.74, 6) is -0.395. The second-order valence-electron chi connectivity index (χ2n) is 10.2. The maximum absolute atomic E-state index is 14.4. The molecule has 3 aliphatic rings. The summed E-state index contributed by atoms with van der Waals surface area (Å²) in [7, 11) is 0. The number of hydrogen-bond acceptors (Lipinski definition) is 5. The molecule has 2 aliphatic carbocycles. The Kier molecular flexibility index (Phi) is 6.89. The van der Waals surface area contributed by atoms with Crippen LogP contribution in [-0.2, 0) is 17.4 Å². The predicted molar refractivity (Wildman–Crippen MR) is 127 cm³/mol. The number of amides is 1. The van der Waals surface area contributed by atoms with Crippen molar-refractivity contribution in [2.45, 2.75) is 50.6 Å². The molecule has 1 N–H and O–H groups in total. The quantitative estimate of drug-likeness (QED) is 0.574. The molecule has 0 bridgehead atoms. The van der Waals surface area contributed by atoms with Crippen LogP contribution in [0.3, 0.4) is 0 Å². The Morgan fingerprint density at radius 2 is 1.89 bits per heavy atom. The molecule has 5 rings (SSSR count). The third-order valence-electron chi connectivity index (χ3n) is 7.62. The first kappa shape index (κ1) is 24.9. The highest BCUT2D eigenvalue weighted by Gasteiger charge is 2.36. The van der Waals surface area contributed by atoms with Gasteiger partial charge in [-0.25, -0.2) is 14.4 Å². The fourth-order valence-electron chi connectivity index (χ4n) is 5.31. The minimum absolute atomic E-state index is 0.196. The summed E-state index contributed by atoms with van der Waals surface area (Å²) < 4.78 is 53.6. The summed E-state index contributed by atoms with van der Waals surface area (Å²) in [6.07, 6.45) is 1.09. The first-order valence-corrected chi connectivity index (χ1v) is 12.7. The Labute approximate surface area is 208 Å². The molecule has 2 aromatic rings. The van der Waals surface area contributed by atoms with E-state index in [4.69, 9.17) is 0 Å². The molecular formula is C26H31F4N5O. The van der Waals surface area contributed by atoms with E-state index in [9.17, 15) is 22.4 Å². The zero-order valence-corrected chi connectivity index (χ0v) is 20.3. The van der Waals surface area contributed by atoms with Crippen molar-refractivity contribution in [1.82, 2.24) is 20.2 Å². The molecule has 1 aromatic carbocycles. The topological polar surface area (TPSA) is 61.4 Å². The molecule has 0 radical (unpaired) electrons. The van der Waals surface area contributed by atoms with E-state index in [0.717, 1.165) is 55.9 Å². The largest absolute Gasteiger partial charge is 0.419 e. The Bertz CT molecular complexity index is 1110. The molecule has 0 spiro atoms. The van der Waals surface area contributed by atoms with Crippen molar-refractivity contribution in [1.29, 1.82) is 0 Å². The number of carbonyl (C=O) groups excluding carboxylic acids is 1. The fourth-order valence-corrected chi connectivity index (χ4v) is 5.31. The van der Waals surface area contributed by atoms with E-state index >= 15 is 0 Å². The van der Waals surface area contributed by atoms with Crippen LogP contribution < -0.4 is 10.2 Å². The number of aryl methyl sites for hydroxylation is 1. The third-order valence-corrected chi connectivity index (χ3v) is 7.62. The van der Waals surface area contributed by atoms with Crippen molar-refractivity contribution in [3.63, 3.8) is 0 Å². The standard InChI is InChI=1S/C26H31F4N5O/c1-16-2-7-22-23(16)24(33-15-32-22)34-8-10-35(11-9-34)25(36)19(14-31-13-17-3-4-17)18-5-6-20(21(27)12-18)26(28,29)30/h5-6,12,15-17,19,31H,2-4,7-11,13-14H2,1H3/t16?,19-/m1/s1. The van der Waals surface area contributed by atoms with Crippen LogP contribution in [-0.4, -0.2) is 60.0 Å². The van der Waals surface area contributed by atoms with Gasteiger partial charge in [0.25, 0.3) is 0 Å². The van der Waals surface area contributed by atoms with Gasteiger partial charge in [-0.3, -0.25) is 4.79 Å². The number of benzene rings is 1. The zero-order chi connectivity index (χ0) is 25.4. The molecule has 6 nitrogen and oxygen atoms in total. The van der Waals surface area contributed by atoms with E-state index in [0.29, 0.717) is 38.0 Å². The molecule has 2 fully saturated rings. The maximum atomic E-state index is 14.4. The number of rotatable bonds is 7. The lowest BCUT2D eigenvalue weighted by Crippen LogP contribution is -2.51. The molecule has 2 atom stereocenters. The van der Waals surface area contributed by atoms with Crippen LogP contribution in [0.5, 0.6) is 0 Å². The van der Waals surface area contributed by atoms with Crippen LogP contribution in [0, 0.1) is 11.7 Å². The molecule has 1 saturated heterocycles. The van der Waals surface area contributed by atoms with Crippen LogP contribution in [0.25, 0.3) is 0 Å². The molecule has 1 aromatic heterocycles. The average molecular weight is 506 g/mol. The Morgan fingerprint density at radius 1 is 1.14 bits per heavy atom. The lowest BCUT2D eigenvalue weighted by molar-refractivity contribution is -0.140. The van der Waals surface area contributed by atoms with Crippen LogP contribution in [0.2, 0.25) is 0 Å². The number of nitrogens with one attached hydrogen (secondary N) is 1. The average Bonchev–Trinajstić information content (AvgIpc) is 3.61. The van der Waals surface area contributed by atoms with Gasteiger partial charge in [-0.1, -0.05) is 13.0 Å². The summed E-state index contributed by atoms with van der Waals surface area (Å²) in [4.78, 5) is 26.5. The van der Waals surface area contributed by atoms with E-state index in [-0.39, 0.29) is 18.0 Å². The van der Waals surface area contributed by atoms with Gasteiger partial charge in [-0.05, 0) is 61.8 Å². The van der Waals surface area contributed by atoms with E-state index < -0.39 is 23.5 Å². The molecule has 1 amide bonds. The monoisotopic (exact) mass is 505 g/mol. The number of alkyl halides is 3. The zero-order valence-electron chi connectivity index (χ0n) is 20.3. The fraction of sp³-hybridized carbons (Fsp3) is 0.577. The summed E-state index contributed by atoms with van der Waals surface area (Å²) in [5, 5.41) is 3.28. The molecule has 36 heavy (non-hydrogen) atoms. The predicted octanol–water partition coefficient (Wildman–Crippen LogP) is 4.12. The number of hydrogen-bond donors (Lipinski definition) is 1. The van der Waals surface area contributed by atoms with Gasteiger partial charge in [0.2, 0.25) is 5.91 Å². The van der Waals surface area contributed by atoms with Crippen LogP contribution in [0.4, 0.5) is 23.4 Å². The van der Waals surface area contributed by atoms with E-state index in [1.54, 1.807) is 11.2 Å². The van der Waals surface area contributed by atoms with Crippen molar-refractivity contribution in [2.24, 2.45) is 5.92 Å². The van der Waals surface area contributed by atoms with Crippen LogP contribution in [0.15, 0.2) is 24.5 Å². The van der Waals surface area contributed by atoms with Gasteiger partial charge < -0.3 is 15.1 Å². The number of nitrogens with zero attached hydrogens (tertiary/aromatic N) is 4. The van der Waals surface area contributed by atoms with Gasteiger partial charge >= 0.3 is 6.18 Å². The first-order chi connectivity index (χ1) is 17.2. The van der Waals surface area contributed by atoms with Crippen molar-refractivity contribution < 1.29 is 22.4 Å². The van der Waals surface area contributed by atoms with Crippen molar-refractivity contribution in [2.75, 3.05) is 44.2 Å². The van der Waals surface area contributed by atoms with E-state index in [1.807, 2.05) is 0 Å². The van der Waals surface area contributed by atoms with Crippen LogP contribution in [0.1, 0.15) is 60.4 Å². The van der Waals surface area contributed by atoms with Gasteiger partial charge in [0.05, 0.1) is 11.5 Å². The highest BCUT2D eigenvalue weighted by atomic mass is 19.4. The van der Waals surface area contributed by atoms with Gasteiger partial charge in [-0.15, -0.1) is 0 Å². The molecule has 1 unspecified atom stereocenters. The summed E-state index contributed by atoms with van der Waals surface area (Å²) in [6, 6.07) is 2.84. The van der Waals surface area contributed by atoms with Gasteiger partial charge in [0.15, 0.2) is 0 Å². The number of fused-ring (bicyclic) bond motifs is 1. The Hall–Kier alpha value is -2.75. The molecule has 1 aliphatic heterocycles. The minimum atomic E-state index is -4.78. The van der Waals surface area contributed by atoms with Gasteiger partial charge in [0, 0.05) is 44.0 Å². The smallest absolute Gasteiger partial charge is 0.353 e. The SMILES string of the molecule is CC1CCc2ncnc(N3CCN(C(=O)[C@H](CNCC4CC4)c4ccc(C(F)(F)F)c(F)c4)CC3)c21. The number of halogens is 4. The number of carbonyl (C=O) groups is 1. The number of aromatic nitrogens is 2. The highest BCUT2D eigenvalue weighted by Crippen LogP contribution is 2.37. The lowest BCUT2D eigenvalue weighted by atomic mass is 9.95. The summed E-state index contributed by atoms with van der Waals surface area (Å²) in [5.41, 5.74) is 1.24. The van der Waals surface area contributed by atoms with Crippen molar-refractivity contribution in [3.05, 3.63) is 52.7 Å². The van der Waals surface area contributed by atoms with E-state index in [1.165, 1.54) is 11.6 Å². The molecule has 10 heteroatoms. The summed E-state index contributed by atoms with van der Waals surface area (Å²) in [6.45, 7) is 5.33. The summed E-state index contributed by atoms with van der Waals surface area (Å²) >= 11 is 0. The molecular weight excluding hydrogens is 474 g/mol. The first-order valence-electron chi connectivity index (χ1n) is 12.7. The Morgan fingerprint density at radius 3 is 2.56 bits per heavy atom. The second kappa shape index (κ2) is 9.95. The number of piperazine rings is 1. The van der Waals surface area contributed by atoms with Gasteiger partial charge in [0.1, 0.15) is 18.0 Å². The third kappa shape index (κ3) is 5.19. The second-order valence-corrected chi connectivity index (χ2v) is 10.2. The van der Waals surface area contributed by atoms with Gasteiger partial charge in [-0.2, -0.15) is 13.2 Å². The van der Waals surface area contributed by atoms with Crippen molar-refractivity contribution >= 4 is 11.7 Å². The van der Waals surface area contributed by atoms with E-state index in [2.05, 4.69) is 27.1 Å². The van der Waals surface area contributed by atoms with Crippen LogP contribution >= 0.6 is 0 Å². The van der Waals surface area contributed by atoms with Crippen molar-refractivity contribution in [3.8, 4) is 0 Å².